The van der Waals surface area contributed by atoms with Gasteiger partial charge in [0.2, 0.25) is 5.91 Å². The summed E-state index contributed by atoms with van der Waals surface area (Å²) in [7, 11) is 1.38. The topological polar surface area (TPSA) is 70.4 Å². The van der Waals surface area contributed by atoms with Gasteiger partial charge in [-0.05, 0) is 35.1 Å². The number of rotatable bonds is 10. The molecule has 0 aliphatic heterocycles. The van der Waals surface area contributed by atoms with Crippen molar-refractivity contribution in [3.63, 3.8) is 0 Å². The van der Waals surface area contributed by atoms with Crippen LogP contribution >= 0.6 is 0 Å². The minimum absolute atomic E-state index is 0.0587. The molecule has 5 nitrogen and oxygen atoms in total. The lowest BCUT2D eigenvalue weighted by Gasteiger charge is -2.34. The van der Waals surface area contributed by atoms with E-state index in [1.165, 1.54) is 7.11 Å². The molecule has 0 unspecified atom stereocenters. The van der Waals surface area contributed by atoms with Crippen molar-refractivity contribution in [2.75, 3.05) is 7.11 Å². The third kappa shape index (κ3) is 6.68. The molecule has 164 valence electrons. The summed E-state index contributed by atoms with van der Waals surface area (Å²) in [6.07, 6.45) is 2.41. The van der Waals surface area contributed by atoms with E-state index in [9.17, 15) is 14.9 Å². The van der Waals surface area contributed by atoms with Gasteiger partial charge in [-0.15, -0.1) is 0 Å². The van der Waals surface area contributed by atoms with Crippen LogP contribution in [-0.2, 0) is 20.9 Å². The normalized spacial score (nSPS) is 11.6. The van der Waals surface area contributed by atoms with E-state index in [-0.39, 0.29) is 30.3 Å². The van der Waals surface area contributed by atoms with Crippen LogP contribution in [0.3, 0.4) is 0 Å². The van der Waals surface area contributed by atoms with Crippen molar-refractivity contribution in [2.24, 2.45) is 5.92 Å². The molecule has 0 bridgehead atoms. The molecule has 0 spiro atoms. The minimum atomic E-state index is -0.310. The first-order valence-corrected chi connectivity index (χ1v) is 10.9. The first-order valence-electron chi connectivity index (χ1n) is 10.9. The van der Waals surface area contributed by atoms with Gasteiger partial charge >= 0.3 is 5.97 Å². The largest absolute Gasteiger partial charge is 0.469 e. The van der Waals surface area contributed by atoms with Gasteiger partial charge in [0.15, 0.2) is 0 Å². The third-order valence-corrected chi connectivity index (χ3v) is 5.50. The fourth-order valence-corrected chi connectivity index (χ4v) is 3.64. The molecule has 0 radical (unpaired) electrons. The zero-order valence-electron chi connectivity index (χ0n) is 18.9. The van der Waals surface area contributed by atoms with Crippen LogP contribution in [-0.4, -0.2) is 29.9 Å². The molecule has 0 fully saturated rings. The predicted octanol–water partition coefficient (Wildman–Crippen LogP) is 5.33. The van der Waals surface area contributed by atoms with E-state index in [1.54, 1.807) is 6.07 Å². The molecule has 2 aromatic rings. The number of ether oxygens (including phenoxy) is 1. The molecule has 2 rings (SSSR count). The van der Waals surface area contributed by atoms with Crippen LogP contribution in [0.5, 0.6) is 0 Å². The summed E-state index contributed by atoms with van der Waals surface area (Å²) in [5.74, 6) is -0.134. The van der Waals surface area contributed by atoms with Gasteiger partial charge in [-0.1, -0.05) is 69.7 Å². The zero-order chi connectivity index (χ0) is 22.8. The Morgan fingerprint density at radius 2 is 1.77 bits per heavy atom. The third-order valence-electron chi connectivity index (χ3n) is 5.50. The summed E-state index contributed by atoms with van der Waals surface area (Å²) in [5.41, 5.74) is 3.46. The molecule has 1 amide bonds. The Balaban J connectivity index is 2.29. The Kier molecular flexibility index (Phi) is 9.27. The second kappa shape index (κ2) is 11.9. The van der Waals surface area contributed by atoms with Gasteiger partial charge < -0.3 is 9.64 Å². The van der Waals surface area contributed by atoms with Crippen molar-refractivity contribution in [3.8, 4) is 17.2 Å². The van der Waals surface area contributed by atoms with Crippen molar-refractivity contribution < 1.29 is 14.3 Å². The number of esters is 1. The fraction of sp³-hybridized carbons (Fsp3) is 0.423. The molecule has 0 saturated carbocycles. The average Bonchev–Trinajstić information content (AvgIpc) is 2.79. The lowest BCUT2D eigenvalue weighted by Crippen LogP contribution is -2.44. The zero-order valence-corrected chi connectivity index (χ0v) is 18.9. The molecule has 0 aromatic heterocycles. The number of nitrogens with zero attached hydrogens (tertiary/aromatic N) is 2. The predicted molar refractivity (Wildman–Crippen MR) is 122 cm³/mol. The number of amides is 1. The van der Waals surface area contributed by atoms with Gasteiger partial charge in [-0.2, -0.15) is 5.26 Å². The van der Waals surface area contributed by atoms with E-state index in [1.807, 2.05) is 61.2 Å². The molecule has 5 heteroatoms. The summed E-state index contributed by atoms with van der Waals surface area (Å²) < 4.78 is 4.88. The van der Waals surface area contributed by atoms with Gasteiger partial charge in [0.25, 0.3) is 0 Å². The number of hydrogen-bond donors (Lipinski definition) is 0. The molecular formula is C26H32N2O3. The van der Waals surface area contributed by atoms with Crippen LogP contribution in [0.4, 0.5) is 0 Å². The lowest BCUT2D eigenvalue weighted by atomic mass is 9.96. The molecule has 0 aliphatic rings. The van der Waals surface area contributed by atoms with Crippen LogP contribution in [0, 0.1) is 17.2 Å². The van der Waals surface area contributed by atoms with Crippen molar-refractivity contribution in [2.45, 2.75) is 59.0 Å². The SMILES string of the molecule is CCCCC(=O)N(Cc1ccc(-c2ccccc2C#N)cc1)[C@H](CC(=O)OC)C(C)C. The van der Waals surface area contributed by atoms with E-state index >= 15 is 0 Å². The number of benzene rings is 2. The highest BCUT2D eigenvalue weighted by Gasteiger charge is 2.28. The van der Waals surface area contributed by atoms with Gasteiger partial charge in [-0.25, -0.2) is 0 Å². The highest BCUT2D eigenvalue weighted by atomic mass is 16.5. The molecule has 31 heavy (non-hydrogen) atoms. The van der Waals surface area contributed by atoms with Crippen LogP contribution in [0.25, 0.3) is 11.1 Å². The van der Waals surface area contributed by atoms with Crippen LogP contribution < -0.4 is 0 Å². The van der Waals surface area contributed by atoms with Crippen molar-refractivity contribution in [1.82, 2.24) is 4.90 Å². The van der Waals surface area contributed by atoms with Gasteiger partial charge in [-0.3, -0.25) is 9.59 Å². The Bertz CT molecular complexity index is 913. The Morgan fingerprint density at radius 1 is 1.10 bits per heavy atom. The first-order chi connectivity index (χ1) is 14.9. The molecule has 0 saturated heterocycles. The molecule has 2 aromatic carbocycles. The van der Waals surface area contributed by atoms with E-state index in [4.69, 9.17) is 4.74 Å². The molecular weight excluding hydrogens is 388 g/mol. The molecule has 1 atom stereocenters. The second-order valence-corrected chi connectivity index (χ2v) is 8.07. The van der Waals surface area contributed by atoms with Crippen LogP contribution in [0.1, 0.15) is 57.6 Å². The monoisotopic (exact) mass is 420 g/mol. The molecule has 0 N–H and O–H groups in total. The minimum Gasteiger partial charge on any atom is -0.469 e. The Morgan fingerprint density at radius 3 is 2.35 bits per heavy atom. The van der Waals surface area contributed by atoms with Crippen molar-refractivity contribution in [3.05, 3.63) is 59.7 Å². The highest BCUT2D eigenvalue weighted by molar-refractivity contribution is 5.78. The molecule has 0 heterocycles. The van der Waals surface area contributed by atoms with E-state index in [0.29, 0.717) is 18.5 Å². The van der Waals surface area contributed by atoms with Crippen molar-refractivity contribution >= 4 is 11.9 Å². The maximum absolute atomic E-state index is 13.0. The van der Waals surface area contributed by atoms with Gasteiger partial charge in [0.05, 0.1) is 25.2 Å². The number of nitriles is 1. The Labute approximate surface area is 185 Å². The van der Waals surface area contributed by atoms with Gasteiger partial charge in [0.1, 0.15) is 0 Å². The summed E-state index contributed by atoms with van der Waals surface area (Å²) in [4.78, 5) is 26.9. The number of methoxy groups -OCH3 is 1. The first kappa shape index (κ1) is 24.1. The number of hydrogen-bond acceptors (Lipinski definition) is 4. The summed E-state index contributed by atoms with van der Waals surface area (Å²) >= 11 is 0. The second-order valence-electron chi connectivity index (χ2n) is 8.07. The van der Waals surface area contributed by atoms with Gasteiger partial charge in [0, 0.05) is 19.0 Å². The molecule has 0 aliphatic carbocycles. The maximum Gasteiger partial charge on any atom is 0.307 e. The quantitative estimate of drug-likeness (QED) is 0.487. The number of carbonyl (C=O) groups excluding carboxylic acids is 2. The standard InChI is InChI=1S/C26H32N2O3/c1-5-6-11-25(29)28(24(19(2)3)16-26(30)31-4)18-20-12-14-21(15-13-20)23-10-8-7-9-22(23)17-27/h7-10,12-15,19,24H,5-6,11,16,18H2,1-4H3/t24-/m1/s1. The highest BCUT2D eigenvalue weighted by Crippen LogP contribution is 2.25. The van der Waals surface area contributed by atoms with E-state index in [0.717, 1.165) is 29.5 Å². The number of carbonyl (C=O) groups is 2. The summed E-state index contributed by atoms with van der Waals surface area (Å²) in [5, 5.41) is 9.36. The maximum atomic E-state index is 13.0. The van der Waals surface area contributed by atoms with E-state index < -0.39 is 0 Å². The summed E-state index contributed by atoms with van der Waals surface area (Å²) in [6.45, 7) is 6.54. The van der Waals surface area contributed by atoms with Crippen molar-refractivity contribution in [1.29, 1.82) is 5.26 Å². The Hall–Kier alpha value is -3.13. The summed E-state index contributed by atoms with van der Waals surface area (Å²) in [6, 6.07) is 17.4. The van der Waals surface area contributed by atoms with Crippen LogP contribution in [0.15, 0.2) is 48.5 Å². The number of unbranched alkanes of at least 4 members (excludes halogenated alkanes) is 1. The lowest BCUT2D eigenvalue weighted by molar-refractivity contribution is -0.145. The van der Waals surface area contributed by atoms with E-state index in [2.05, 4.69) is 13.0 Å². The van der Waals surface area contributed by atoms with Crippen LogP contribution in [0.2, 0.25) is 0 Å². The average molecular weight is 421 g/mol. The smallest absolute Gasteiger partial charge is 0.307 e. The fourth-order valence-electron chi connectivity index (χ4n) is 3.64.